The van der Waals surface area contributed by atoms with Gasteiger partial charge in [-0.05, 0) is 48.2 Å². The van der Waals surface area contributed by atoms with Gasteiger partial charge in [-0.2, -0.15) is 0 Å². The van der Waals surface area contributed by atoms with Crippen molar-refractivity contribution in [1.82, 2.24) is 4.90 Å². The van der Waals surface area contributed by atoms with Crippen LogP contribution in [0.4, 0.5) is 14.9 Å². The molecule has 9 heteroatoms. The Hall–Kier alpha value is -3.33. The summed E-state index contributed by atoms with van der Waals surface area (Å²) in [6.45, 7) is 3.47. The van der Waals surface area contributed by atoms with Crippen LogP contribution in [0.2, 0.25) is 0 Å². The number of ether oxygens (including phenoxy) is 3. The van der Waals surface area contributed by atoms with E-state index in [4.69, 9.17) is 14.2 Å². The third-order valence-electron chi connectivity index (χ3n) is 6.60. The van der Waals surface area contributed by atoms with Gasteiger partial charge in [0, 0.05) is 19.0 Å². The average Bonchev–Trinajstić information content (AvgIpc) is 2.86. The molecule has 1 saturated heterocycles. The number of fused-ring (bicyclic) bond motifs is 1. The average molecular weight is 487 g/mol. The van der Waals surface area contributed by atoms with Crippen LogP contribution in [0.1, 0.15) is 43.2 Å². The van der Waals surface area contributed by atoms with Gasteiger partial charge < -0.3 is 29.1 Å². The molecule has 1 fully saturated rings. The number of unbranched alkanes of at least 4 members (excludes halogenated alkanes) is 1. The summed E-state index contributed by atoms with van der Waals surface area (Å²) >= 11 is 0. The zero-order chi connectivity index (χ0) is 24.9. The third-order valence-corrected chi connectivity index (χ3v) is 6.60. The van der Waals surface area contributed by atoms with Crippen molar-refractivity contribution in [2.75, 3.05) is 38.3 Å². The number of carboxylic acid groups (broad SMARTS) is 1. The first-order chi connectivity index (χ1) is 16.9. The van der Waals surface area contributed by atoms with Gasteiger partial charge >= 0.3 is 6.09 Å². The molecule has 0 saturated carbocycles. The fraction of sp³-hybridized carbons (Fsp3) is 0.462. The number of amides is 2. The molecule has 35 heavy (non-hydrogen) atoms. The van der Waals surface area contributed by atoms with E-state index in [9.17, 15) is 19.1 Å². The highest BCUT2D eigenvalue weighted by molar-refractivity contribution is 5.97. The summed E-state index contributed by atoms with van der Waals surface area (Å²) in [5, 5.41) is 9.51. The van der Waals surface area contributed by atoms with E-state index in [-0.39, 0.29) is 37.3 Å². The number of rotatable bonds is 8. The summed E-state index contributed by atoms with van der Waals surface area (Å²) in [4.78, 5) is 27.1. The first kappa shape index (κ1) is 24.8. The Balaban J connectivity index is 1.53. The minimum atomic E-state index is -1.01. The Bertz CT molecular complexity index is 1080. The summed E-state index contributed by atoms with van der Waals surface area (Å²) in [5.41, 5.74) is 2.31. The summed E-state index contributed by atoms with van der Waals surface area (Å²) in [7, 11) is 1.41. The molecular formula is C26H31FN2O6. The van der Waals surface area contributed by atoms with Crippen LogP contribution >= 0.6 is 0 Å². The summed E-state index contributed by atoms with van der Waals surface area (Å²) in [5.74, 6) is 0.110. The van der Waals surface area contributed by atoms with Crippen LogP contribution < -0.4 is 14.4 Å². The van der Waals surface area contributed by atoms with E-state index >= 15 is 0 Å². The lowest BCUT2D eigenvalue weighted by atomic mass is 9.87. The van der Waals surface area contributed by atoms with E-state index in [1.54, 1.807) is 17.0 Å². The maximum Gasteiger partial charge on any atom is 0.407 e. The number of halogens is 1. The number of carbonyl (C=O) groups is 2. The standard InChI is InChI=1S/C26H31FN2O6/c1-3-4-10-29-21-12-17(5-7-23(21)35-16-25(29)30)15-34-24-14-28(26(31)32)11-9-19(24)18-6-8-22(33-2)20(27)13-18/h5-8,12-13,19,24H,3-4,9-11,14-16H2,1-2H3,(H,31,32). The van der Waals surface area contributed by atoms with E-state index in [2.05, 4.69) is 6.92 Å². The molecule has 2 amide bonds. The lowest BCUT2D eigenvalue weighted by molar-refractivity contribution is -0.121. The minimum absolute atomic E-state index is 0.0275. The second-order valence-electron chi connectivity index (χ2n) is 8.86. The lowest BCUT2D eigenvalue weighted by Crippen LogP contribution is -2.46. The Morgan fingerprint density at radius 3 is 2.80 bits per heavy atom. The molecule has 1 N–H and O–H groups in total. The van der Waals surface area contributed by atoms with E-state index in [1.807, 2.05) is 18.2 Å². The Morgan fingerprint density at radius 1 is 1.26 bits per heavy atom. The van der Waals surface area contributed by atoms with Gasteiger partial charge in [0.25, 0.3) is 5.91 Å². The number of nitrogens with zero attached hydrogens (tertiary/aromatic N) is 2. The van der Waals surface area contributed by atoms with Gasteiger partial charge in [-0.3, -0.25) is 4.79 Å². The highest BCUT2D eigenvalue weighted by atomic mass is 19.1. The number of hydrogen-bond donors (Lipinski definition) is 1. The second-order valence-corrected chi connectivity index (χ2v) is 8.86. The van der Waals surface area contributed by atoms with Gasteiger partial charge in [0.2, 0.25) is 0 Å². The largest absolute Gasteiger partial charge is 0.494 e. The van der Waals surface area contributed by atoms with Crippen LogP contribution in [0, 0.1) is 5.82 Å². The third kappa shape index (κ3) is 5.51. The molecule has 2 heterocycles. The van der Waals surface area contributed by atoms with Gasteiger partial charge in [0.05, 0.1) is 32.1 Å². The maximum absolute atomic E-state index is 14.4. The lowest BCUT2D eigenvalue weighted by Gasteiger charge is -2.37. The van der Waals surface area contributed by atoms with Crippen molar-refractivity contribution in [3.8, 4) is 11.5 Å². The highest BCUT2D eigenvalue weighted by Crippen LogP contribution is 2.36. The molecule has 0 bridgehead atoms. The smallest absolute Gasteiger partial charge is 0.407 e. The molecule has 188 valence electrons. The SMILES string of the molecule is CCCCN1C(=O)COc2ccc(COC3CN(C(=O)O)CCC3c3ccc(OC)c(F)c3)cc21. The predicted octanol–water partition coefficient (Wildman–Crippen LogP) is 4.41. The van der Waals surface area contributed by atoms with E-state index in [0.29, 0.717) is 25.3 Å². The summed E-state index contributed by atoms with van der Waals surface area (Å²) in [6, 6.07) is 10.4. The molecule has 2 aromatic carbocycles. The van der Waals surface area contributed by atoms with Crippen LogP contribution in [0.3, 0.4) is 0 Å². The molecule has 0 spiro atoms. The number of carbonyl (C=O) groups excluding carboxylic acids is 1. The summed E-state index contributed by atoms with van der Waals surface area (Å²) < 4.78 is 31.2. The van der Waals surface area contributed by atoms with Crippen molar-refractivity contribution in [3.63, 3.8) is 0 Å². The van der Waals surface area contributed by atoms with E-state index < -0.39 is 18.0 Å². The van der Waals surface area contributed by atoms with Crippen LogP contribution in [0.25, 0.3) is 0 Å². The van der Waals surface area contributed by atoms with Crippen molar-refractivity contribution in [3.05, 3.63) is 53.3 Å². The molecule has 2 aliphatic heterocycles. The number of anilines is 1. The zero-order valence-electron chi connectivity index (χ0n) is 20.0. The Labute approximate surface area is 204 Å². The zero-order valence-corrected chi connectivity index (χ0v) is 20.0. The van der Waals surface area contributed by atoms with Crippen molar-refractivity contribution >= 4 is 17.7 Å². The number of piperidine rings is 1. The second kappa shape index (κ2) is 10.9. The molecule has 0 radical (unpaired) electrons. The monoisotopic (exact) mass is 486 g/mol. The topological polar surface area (TPSA) is 88.5 Å². The van der Waals surface area contributed by atoms with Gasteiger partial charge in [-0.15, -0.1) is 0 Å². The minimum Gasteiger partial charge on any atom is -0.494 e. The highest BCUT2D eigenvalue weighted by Gasteiger charge is 2.34. The molecule has 8 nitrogen and oxygen atoms in total. The molecule has 4 rings (SSSR count). The fourth-order valence-electron chi connectivity index (χ4n) is 4.66. The quantitative estimate of drug-likeness (QED) is 0.595. The van der Waals surface area contributed by atoms with Gasteiger partial charge in [-0.1, -0.05) is 25.5 Å². The number of hydrogen-bond acceptors (Lipinski definition) is 5. The van der Waals surface area contributed by atoms with Crippen LogP contribution in [-0.2, 0) is 16.1 Å². The van der Waals surface area contributed by atoms with Crippen molar-refractivity contribution in [2.45, 2.75) is 44.8 Å². The molecular weight excluding hydrogens is 455 g/mol. The molecule has 2 aliphatic rings. The Kier molecular flexibility index (Phi) is 7.75. The molecule has 0 aliphatic carbocycles. The van der Waals surface area contributed by atoms with Crippen molar-refractivity contribution < 1.29 is 33.3 Å². The normalized spacial score (nSPS) is 19.8. The number of likely N-dealkylation sites (tertiary alicyclic amines) is 1. The van der Waals surface area contributed by atoms with Crippen LogP contribution in [-0.4, -0.2) is 61.5 Å². The predicted molar refractivity (Wildman–Crippen MR) is 128 cm³/mol. The van der Waals surface area contributed by atoms with Crippen molar-refractivity contribution in [1.29, 1.82) is 0 Å². The first-order valence-electron chi connectivity index (χ1n) is 11.9. The number of methoxy groups -OCH3 is 1. The molecule has 2 unspecified atom stereocenters. The van der Waals surface area contributed by atoms with E-state index in [0.717, 1.165) is 29.7 Å². The first-order valence-corrected chi connectivity index (χ1v) is 11.9. The van der Waals surface area contributed by atoms with Gasteiger partial charge in [0.15, 0.2) is 18.2 Å². The van der Waals surface area contributed by atoms with Gasteiger partial charge in [0.1, 0.15) is 5.75 Å². The van der Waals surface area contributed by atoms with E-state index in [1.165, 1.54) is 18.1 Å². The molecule has 0 aromatic heterocycles. The van der Waals surface area contributed by atoms with Gasteiger partial charge in [-0.25, -0.2) is 9.18 Å². The van der Waals surface area contributed by atoms with Crippen LogP contribution in [0.5, 0.6) is 11.5 Å². The molecule has 2 atom stereocenters. The summed E-state index contributed by atoms with van der Waals surface area (Å²) in [6.07, 6.45) is 0.906. The maximum atomic E-state index is 14.4. The van der Waals surface area contributed by atoms with Crippen LogP contribution in [0.15, 0.2) is 36.4 Å². The fourth-order valence-corrected chi connectivity index (χ4v) is 4.66. The number of benzene rings is 2. The van der Waals surface area contributed by atoms with Crippen molar-refractivity contribution in [2.24, 2.45) is 0 Å². The Morgan fingerprint density at radius 2 is 2.09 bits per heavy atom. The molecule has 2 aromatic rings.